The first-order valence-corrected chi connectivity index (χ1v) is 13.2. The SMILES string of the molecule is CCCCCCCCCCCC1(CCCCCCCCCCC)OC(OC)=CC1=O. The van der Waals surface area contributed by atoms with Gasteiger partial charge < -0.3 is 9.47 Å². The third-order valence-electron chi connectivity index (χ3n) is 6.56. The zero-order chi connectivity index (χ0) is 21.9. The molecule has 1 aliphatic rings. The van der Waals surface area contributed by atoms with E-state index < -0.39 is 5.60 Å². The molecule has 0 aromatic heterocycles. The lowest BCUT2D eigenvalue weighted by molar-refractivity contribution is -0.136. The van der Waals surface area contributed by atoms with E-state index in [1.165, 1.54) is 103 Å². The fourth-order valence-electron chi connectivity index (χ4n) is 4.53. The minimum absolute atomic E-state index is 0.124. The van der Waals surface area contributed by atoms with Crippen molar-refractivity contribution >= 4 is 5.78 Å². The number of carbonyl (C=O) groups excluding carboxylic acids is 1. The van der Waals surface area contributed by atoms with E-state index >= 15 is 0 Å². The van der Waals surface area contributed by atoms with Crippen LogP contribution in [0.3, 0.4) is 0 Å². The number of carbonyl (C=O) groups is 1. The number of rotatable bonds is 21. The maximum absolute atomic E-state index is 12.7. The normalized spacial score (nSPS) is 15.3. The van der Waals surface area contributed by atoms with E-state index in [0.717, 1.165) is 25.7 Å². The van der Waals surface area contributed by atoms with Gasteiger partial charge in [0.25, 0.3) is 5.95 Å². The lowest BCUT2D eigenvalue weighted by Crippen LogP contribution is -2.36. The molecule has 1 aliphatic heterocycles. The molecular weight excluding hydrogens is 372 g/mol. The topological polar surface area (TPSA) is 35.5 Å². The monoisotopic (exact) mass is 422 g/mol. The summed E-state index contributed by atoms with van der Waals surface area (Å²) in [7, 11) is 1.59. The Balaban J connectivity index is 2.23. The van der Waals surface area contributed by atoms with E-state index in [9.17, 15) is 4.79 Å². The van der Waals surface area contributed by atoms with E-state index in [0.29, 0.717) is 5.95 Å². The van der Waals surface area contributed by atoms with Crippen LogP contribution in [0.5, 0.6) is 0 Å². The van der Waals surface area contributed by atoms with E-state index in [1.54, 1.807) is 13.2 Å². The zero-order valence-electron chi connectivity index (χ0n) is 20.4. The number of ketones is 1. The molecule has 0 fully saturated rings. The largest absolute Gasteiger partial charge is 0.469 e. The number of ether oxygens (including phenoxy) is 2. The highest BCUT2D eigenvalue weighted by molar-refractivity contribution is 5.99. The molecule has 0 N–H and O–H groups in total. The third-order valence-corrected chi connectivity index (χ3v) is 6.56. The first kappa shape index (κ1) is 27.0. The van der Waals surface area contributed by atoms with Crippen LogP contribution in [0.25, 0.3) is 0 Å². The second-order valence-corrected chi connectivity index (χ2v) is 9.28. The molecule has 0 spiro atoms. The van der Waals surface area contributed by atoms with Crippen molar-refractivity contribution in [1.29, 1.82) is 0 Å². The molecule has 1 rings (SSSR count). The van der Waals surface area contributed by atoms with E-state index in [2.05, 4.69) is 13.8 Å². The van der Waals surface area contributed by atoms with Crippen LogP contribution in [0, 0.1) is 0 Å². The van der Waals surface area contributed by atoms with Crippen molar-refractivity contribution in [1.82, 2.24) is 0 Å². The minimum atomic E-state index is -0.645. The average Bonchev–Trinajstić information content (AvgIpc) is 3.07. The molecule has 0 saturated carbocycles. The van der Waals surface area contributed by atoms with Crippen molar-refractivity contribution in [2.75, 3.05) is 7.11 Å². The predicted molar refractivity (Wildman–Crippen MR) is 128 cm³/mol. The van der Waals surface area contributed by atoms with Gasteiger partial charge in [0.2, 0.25) is 5.78 Å². The summed E-state index contributed by atoms with van der Waals surface area (Å²) in [6.07, 6.45) is 26.6. The molecule has 0 aliphatic carbocycles. The van der Waals surface area contributed by atoms with E-state index in [1.807, 2.05) is 0 Å². The van der Waals surface area contributed by atoms with E-state index in [-0.39, 0.29) is 5.78 Å². The first-order valence-electron chi connectivity index (χ1n) is 13.2. The quantitative estimate of drug-likeness (QED) is 0.174. The molecule has 1 heterocycles. The summed E-state index contributed by atoms with van der Waals surface area (Å²) >= 11 is 0. The molecule has 176 valence electrons. The summed E-state index contributed by atoms with van der Waals surface area (Å²) in [5, 5.41) is 0. The first-order chi connectivity index (χ1) is 14.7. The molecule has 0 atom stereocenters. The highest BCUT2D eigenvalue weighted by Gasteiger charge is 2.44. The van der Waals surface area contributed by atoms with Crippen LogP contribution in [0.2, 0.25) is 0 Å². The van der Waals surface area contributed by atoms with Crippen molar-refractivity contribution in [2.45, 2.75) is 148 Å². The lowest BCUT2D eigenvalue weighted by Gasteiger charge is -2.28. The zero-order valence-corrected chi connectivity index (χ0v) is 20.4. The van der Waals surface area contributed by atoms with Gasteiger partial charge >= 0.3 is 0 Å². The number of unbranched alkanes of at least 4 members (excludes halogenated alkanes) is 16. The summed E-state index contributed by atoms with van der Waals surface area (Å²) in [5.41, 5.74) is -0.645. The second kappa shape index (κ2) is 17.7. The van der Waals surface area contributed by atoms with Crippen molar-refractivity contribution in [3.05, 3.63) is 12.0 Å². The van der Waals surface area contributed by atoms with Crippen LogP contribution in [0.4, 0.5) is 0 Å². The Labute approximate surface area is 187 Å². The third kappa shape index (κ3) is 11.4. The van der Waals surface area contributed by atoms with Crippen molar-refractivity contribution in [3.63, 3.8) is 0 Å². The molecule has 0 saturated heterocycles. The number of methoxy groups -OCH3 is 1. The summed E-state index contributed by atoms with van der Waals surface area (Å²) in [6, 6.07) is 0. The Morgan fingerprint density at radius 2 is 1.03 bits per heavy atom. The predicted octanol–water partition coefficient (Wildman–Crippen LogP) is 8.65. The molecular formula is C27H50O3. The molecule has 0 aromatic carbocycles. The van der Waals surface area contributed by atoms with Crippen molar-refractivity contribution < 1.29 is 14.3 Å². The van der Waals surface area contributed by atoms with Gasteiger partial charge in [0.1, 0.15) is 0 Å². The van der Waals surface area contributed by atoms with Crippen LogP contribution < -0.4 is 0 Å². The maximum Gasteiger partial charge on any atom is 0.283 e. The van der Waals surface area contributed by atoms with Crippen molar-refractivity contribution in [2.24, 2.45) is 0 Å². The Morgan fingerprint density at radius 1 is 0.667 bits per heavy atom. The molecule has 0 aromatic rings. The van der Waals surface area contributed by atoms with Crippen LogP contribution in [0.15, 0.2) is 12.0 Å². The van der Waals surface area contributed by atoms with Gasteiger partial charge in [0.05, 0.1) is 13.2 Å². The maximum atomic E-state index is 12.7. The average molecular weight is 423 g/mol. The highest BCUT2D eigenvalue weighted by Crippen LogP contribution is 2.35. The number of hydrogen-bond acceptors (Lipinski definition) is 3. The molecule has 30 heavy (non-hydrogen) atoms. The van der Waals surface area contributed by atoms with Crippen LogP contribution in [-0.4, -0.2) is 18.5 Å². The second-order valence-electron chi connectivity index (χ2n) is 9.28. The molecule has 0 radical (unpaired) electrons. The van der Waals surface area contributed by atoms with Gasteiger partial charge in [-0.05, 0) is 25.7 Å². The fourth-order valence-corrected chi connectivity index (χ4v) is 4.53. The lowest BCUT2D eigenvalue weighted by atomic mass is 9.86. The Hall–Kier alpha value is -0.990. The smallest absolute Gasteiger partial charge is 0.283 e. The standard InChI is InChI=1S/C27H50O3/c1-4-6-8-10-12-14-16-18-20-22-27(25(28)24-26(29-3)30-27)23-21-19-17-15-13-11-9-7-5-2/h24H,4-23H2,1-3H3. The van der Waals surface area contributed by atoms with Gasteiger partial charge in [0, 0.05) is 0 Å². The van der Waals surface area contributed by atoms with Crippen LogP contribution in [0.1, 0.15) is 142 Å². The minimum Gasteiger partial charge on any atom is -0.469 e. The van der Waals surface area contributed by atoms with Gasteiger partial charge in [-0.15, -0.1) is 0 Å². The van der Waals surface area contributed by atoms with Crippen LogP contribution >= 0.6 is 0 Å². The number of hydrogen-bond donors (Lipinski definition) is 0. The summed E-state index contributed by atoms with van der Waals surface area (Å²) < 4.78 is 11.3. The summed E-state index contributed by atoms with van der Waals surface area (Å²) in [4.78, 5) is 12.7. The molecule has 3 heteroatoms. The van der Waals surface area contributed by atoms with Gasteiger partial charge in [-0.3, -0.25) is 4.79 Å². The Morgan fingerprint density at radius 3 is 1.37 bits per heavy atom. The van der Waals surface area contributed by atoms with Gasteiger partial charge in [-0.1, -0.05) is 117 Å². The van der Waals surface area contributed by atoms with E-state index in [4.69, 9.17) is 9.47 Å². The summed E-state index contributed by atoms with van der Waals surface area (Å²) in [5.74, 6) is 0.533. The van der Waals surface area contributed by atoms with Crippen molar-refractivity contribution in [3.8, 4) is 0 Å². The fraction of sp³-hybridized carbons (Fsp3) is 0.889. The molecule has 0 bridgehead atoms. The summed E-state index contributed by atoms with van der Waals surface area (Å²) in [6.45, 7) is 4.53. The Kier molecular flexibility index (Phi) is 15.9. The van der Waals surface area contributed by atoms with Crippen LogP contribution in [-0.2, 0) is 14.3 Å². The molecule has 3 nitrogen and oxygen atoms in total. The van der Waals surface area contributed by atoms with Gasteiger partial charge in [-0.25, -0.2) is 0 Å². The van der Waals surface area contributed by atoms with Gasteiger partial charge in [0.15, 0.2) is 5.60 Å². The highest BCUT2D eigenvalue weighted by atomic mass is 16.7. The van der Waals surface area contributed by atoms with Gasteiger partial charge in [-0.2, -0.15) is 0 Å². The Bertz CT molecular complexity index is 433. The molecule has 0 unspecified atom stereocenters. The molecule has 0 amide bonds.